The molecule has 1 aliphatic carbocycles. The van der Waals surface area contributed by atoms with Crippen LogP contribution in [0.1, 0.15) is 47.7 Å². The summed E-state index contributed by atoms with van der Waals surface area (Å²) in [7, 11) is 0. The van der Waals surface area contributed by atoms with E-state index >= 15 is 0 Å². The zero-order valence-electron chi connectivity index (χ0n) is 13.0. The molecule has 0 aliphatic heterocycles. The predicted octanol–water partition coefficient (Wildman–Crippen LogP) is 2.57. The molecule has 21 heavy (non-hydrogen) atoms. The maximum atomic E-state index is 12.8. The second kappa shape index (κ2) is 7.28. The standard InChI is InChI=1S/C18H24N2O/c1-3-20(13-15-6-4-7-15)18(21)17-12-14(2)9-10-16(17)8-5-11-19/h9-10,12,15H,3-4,6-7,11,13,19H2,1-2H3. The van der Waals surface area contributed by atoms with Gasteiger partial charge in [-0.25, -0.2) is 0 Å². The Hall–Kier alpha value is -1.79. The molecular weight excluding hydrogens is 260 g/mol. The van der Waals surface area contributed by atoms with Crippen molar-refractivity contribution in [2.24, 2.45) is 11.7 Å². The van der Waals surface area contributed by atoms with E-state index in [0.29, 0.717) is 18.0 Å². The summed E-state index contributed by atoms with van der Waals surface area (Å²) < 4.78 is 0. The first-order valence-corrected chi connectivity index (χ1v) is 7.74. The van der Waals surface area contributed by atoms with E-state index in [4.69, 9.17) is 5.73 Å². The van der Waals surface area contributed by atoms with Crippen molar-refractivity contribution in [2.45, 2.75) is 33.1 Å². The number of benzene rings is 1. The SMILES string of the molecule is CCN(CC1CCC1)C(=O)c1cc(C)ccc1C#CCN. The largest absolute Gasteiger partial charge is 0.339 e. The van der Waals surface area contributed by atoms with E-state index in [2.05, 4.69) is 11.8 Å². The van der Waals surface area contributed by atoms with Gasteiger partial charge in [0.05, 0.1) is 12.1 Å². The van der Waals surface area contributed by atoms with Crippen molar-refractivity contribution in [3.8, 4) is 11.8 Å². The van der Waals surface area contributed by atoms with Gasteiger partial charge in [-0.2, -0.15) is 0 Å². The highest BCUT2D eigenvalue weighted by molar-refractivity contribution is 5.97. The third kappa shape index (κ3) is 3.86. The van der Waals surface area contributed by atoms with E-state index < -0.39 is 0 Å². The molecule has 0 heterocycles. The molecular formula is C18H24N2O. The van der Waals surface area contributed by atoms with Crippen LogP contribution < -0.4 is 5.73 Å². The van der Waals surface area contributed by atoms with Gasteiger partial charge in [-0.3, -0.25) is 4.79 Å². The average Bonchev–Trinajstić information content (AvgIpc) is 2.44. The third-order valence-electron chi connectivity index (χ3n) is 4.10. The zero-order chi connectivity index (χ0) is 15.2. The van der Waals surface area contributed by atoms with Gasteiger partial charge in [0.15, 0.2) is 0 Å². The monoisotopic (exact) mass is 284 g/mol. The summed E-state index contributed by atoms with van der Waals surface area (Å²) in [6, 6.07) is 5.84. The molecule has 2 rings (SSSR count). The molecule has 1 aliphatic rings. The molecule has 1 aromatic rings. The van der Waals surface area contributed by atoms with Crippen molar-refractivity contribution in [1.29, 1.82) is 0 Å². The molecule has 0 atom stereocenters. The molecule has 0 saturated heterocycles. The molecule has 0 radical (unpaired) electrons. The number of hydrogen-bond donors (Lipinski definition) is 1. The van der Waals surface area contributed by atoms with Gasteiger partial charge in [-0.05, 0) is 44.7 Å². The zero-order valence-corrected chi connectivity index (χ0v) is 13.0. The van der Waals surface area contributed by atoms with Gasteiger partial charge < -0.3 is 10.6 Å². The summed E-state index contributed by atoms with van der Waals surface area (Å²) in [5, 5.41) is 0. The van der Waals surface area contributed by atoms with Gasteiger partial charge in [-0.15, -0.1) is 0 Å². The number of nitrogens with zero attached hydrogens (tertiary/aromatic N) is 1. The van der Waals surface area contributed by atoms with Gasteiger partial charge in [0.25, 0.3) is 5.91 Å². The van der Waals surface area contributed by atoms with Crippen LogP contribution in [0.25, 0.3) is 0 Å². The minimum Gasteiger partial charge on any atom is -0.339 e. The highest BCUT2D eigenvalue weighted by Crippen LogP contribution is 2.27. The lowest BCUT2D eigenvalue weighted by Crippen LogP contribution is -2.37. The number of nitrogens with two attached hydrogens (primary N) is 1. The minimum atomic E-state index is 0.0921. The molecule has 0 spiro atoms. The topological polar surface area (TPSA) is 46.3 Å². The summed E-state index contributed by atoms with van der Waals surface area (Å²) in [5.41, 5.74) is 8.01. The van der Waals surface area contributed by atoms with Crippen LogP contribution in [-0.2, 0) is 0 Å². The molecule has 3 heteroatoms. The van der Waals surface area contributed by atoms with E-state index in [9.17, 15) is 4.79 Å². The summed E-state index contributed by atoms with van der Waals surface area (Å²) in [6.07, 6.45) is 3.79. The van der Waals surface area contributed by atoms with Crippen molar-refractivity contribution < 1.29 is 4.79 Å². The summed E-state index contributed by atoms with van der Waals surface area (Å²) in [5.74, 6) is 6.64. The average molecular weight is 284 g/mol. The Labute approximate surface area is 127 Å². The van der Waals surface area contributed by atoms with Crippen molar-refractivity contribution in [3.63, 3.8) is 0 Å². The van der Waals surface area contributed by atoms with Crippen LogP contribution in [-0.4, -0.2) is 30.4 Å². The molecule has 1 aromatic carbocycles. The highest BCUT2D eigenvalue weighted by atomic mass is 16.2. The second-order valence-electron chi connectivity index (χ2n) is 5.70. The first-order chi connectivity index (χ1) is 10.2. The fourth-order valence-electron chi connectivity index (χ4n) is 2.60. The Balaban J connectivity index is 2.24. The number of aryl methyl sites for hydroxylation is 1. The van der Waals surface area contributed by atoms with Crippen molar-refractivity contribution >= 4 is 5.91 Å². The van der Waals surface area contributed by atoms with E-state index in [1.807, 2.05) is 36.9 Å². The van der Waals surface area contributed by atoms with Gasteiger partial charge in [0.1, 0.15) is 0 Å². The number of hydrogen-bond acceptors (Lipinski definition) is 2. The molecule has 112 valence electrons. The lowest BCUT2D eigenvalue weighted by Gasteiger charge is -2.32. The van der Waals surface area contributed by atoms with Gasteiger partial charge >= 0.3 is 0 Å². The highest BCUT2D eigenvalue weighted by Gasteiger charge is 2.24. The summed E-state index contributed by atoms with van der Waals surface area (Å²) >= 11 is 0. The lowest BCUT2D eigenvalue weighted by molar-refractivity contribution is 0.0706. The third-order valence-corrected chi connectivity index (χ3v) is 4.10. The van der Waals surface area contributed by atoms with Crippen molar-refractivity contribution in [1.82, 2.24) is 4.90 Å². The fourth-order valence-corrected chi connectivity index (χ4v) is 2.60. The van der Waals surface area contributed by atoms with Crippen LogP contribution in [0, 0.1) is 24.7 Å². The molecule has 0 unspecified atom stereocenters. The minimum absolute atomic E-state index is 0.0921. The van der Waals surface area contributed by atoms with E-state index in [1.165, 1.54) is 19.3 Å². The first kappa shape index (κ1) is 15.6. The van der Waals surface area contributed by atoms with Crippen LogP contribution in [0.2, 0.25) is 0 Å². The van der Waals surface area contributed by atoms with Crippen LogP contribution >= 0.6 is 0 Å². The number of carbonyl (C=O) groups excluding carboxylic acids is 1. The van der Waals surface area contributed by atoms with E-state index in [-0.39, 0.29) is 5.91 Å². The molecule has 3 nitrogen and oxygen atoms in total. The predicted molar refractivity (Wildman–Crippen MR) is 86.0 cm³/mol. The lowest BCUT2D eigenvalue weighted by atomic mass is 9.85. The van der Waals surface area contributed by atoms with E-state index in [1.54, 1.807) is 0 Å². The molecule has 1 amide bonds. The van der Waals surface area contributed by atoms with Crippen LogP contribution in [0.15, 0.2) is 18.2 Å². The quantitative estimate of drug-likeness (QED) is 0.864. The molecule has 1 saturated carbocycles. The van der Waals surface area contributed by atoms with Gasteiger partial charge in [-0.1, -0.05) is 29.9 Å². The maximum Gasteiger partial charge on any atom is 0.255 e. The summed E-state index contributed by atoms with van der Waals surface area (Å²) in [6.45, 7) is 5.96. The number of carbonyl (C=O) groups is 1. The Morgan fingerprint density at radius 1 is 1.43 bits per heavy atom. The Kier molecular flexibility index (Phi) is 5.41. The molecule has 2 N–H and O–H groups in total. The van der Waals surface area contributed by atoms with Crippen molar-refractivity contribution in [3.05, 3.63) is 34.9 Å². The second-order valence-corrected chi connectivity index (χ2v) is 5.70. The van der Waals surface area contributed by atoms with Crippen molar-refractivity contribution in [2.75, 3.05) is 19.6 Å². The maximum absolute atomic E-state index is 12.8. The molecule has 1 fully saturated rings. The number of amides is 1. The van der Waals surface area contributed by atoms with Crippen LogP contribution in [0.5, 0.6) is 0 Å². The Morgan fingerprint density at radius 2 is 2.19 bits per heavy atom. The van der Waals surface area contributed by atoms with Crippen LogP contribution in [0.3, 0.4) is 0 Å². The molecule has 0 aromatic heterocycles. The smallest absolute Gasteiger partial charge is 0.255 e. The Morgan fingerprint density at radius 3 is 2.76 bits per heavy atom. The van der Waals surface area contributed by atoms with E-state index in [0.717, 1.165) is 24.2 Å². The summed E-state index contributed by atoms with van der Waals surface area (Å²) in [4.78, 5) is 14.8. The molecule has 0 bridgehead atoms. The van der Waals surface area contributed by atoms with Gasteiger partial charge in [0, 0.05) is 18.7 Å². The number of rotatable bonds is 4. The fraction of sp³-hybridized carbons (Fsp3) is 0.500. The first-order valence-electron chi connectivity index (χ1n) is 7.74. The normalized spacial score (nSPS) is 14.0. The Bertz CT molecular complexity index is 564. The van der Waals surface area contributed by atoms with Crippen LogP contribution in [0.4, 0.5) is 0 Å². The van der Waals surface area contributed by atoms with Gasteiger partial charge in [0.2, 0.25) is 0 Å².